The number of nitrogens with zero attached hydrogens (tertiary/aromatic N) is 2. The van der Waals surface area contributed by atoms with E-state index in [0.29, 0.717) is 11.8 Å². The Balaban J connectivity index is 1.46. The molecular weight excluding hydrogens is 318 g/mol. The normalized spacial score (nSPS) is 21.4. The third-order valence-corrected chi connectivity index (χ3v) is 5.62. The number of likely N-dealkylation sites (tertiary alicyclic amines) is 1. The highest BCUT2D eigenvalue weighted by atomic mass is 32.1. The minimum Gasteiger partial charge on any atom is -0.462 e. The highest BCUT2D eigenvalue weighted by Crippen LogP contribution is 2.33. The average Bonchev–Trinajstić information content (AvgIpc) is 3.36. The van der Waals surface area contributed by atoms with Crippen molar-refractivity contribution in [2.24, 2.45) is 11.7 Å². The van der Waals surface area contributed by atoms with Crippen LogP contribution in [0.2, 0.25) is 0 Å². The van der Waals surface area contributed by atoms with Crippen molar-refractivity contribution in [1.29, 1.82) is 0 Å². The van der Waals surface area contributed by atoms with Gasteiger partial charge in [-0.3, -0.25) is 4.90 Å². The smallest absolute Gasteiger partial charge is 0.162 e. The topological polar surface area (TPSA) is 55.3 Å². The zero-order chi connectivity index (χ0) is 16.4. The molecular formula is C19H21N3OS. The molecule has 0 saturated carbocycles. The highest BCUT2D eigenvalue weighted by Gasteiger charge is 2.32. The lowest BCUT2D eigenvalue weighted by molar-refractivity contribution is 0.313. The molecule has 0 spiro atoms. The Morgan fingerprint density at radius 2 is 2.04 bits per heavy atom. The Kier molecular flexibility index (Phi) is 4.47. The van der Waals surface area contributed by atoms with Crippen LogP contribution < -0.4 is 5.73 Å². The van der Waals surface area contributed by atoms with Crippen LogP contribution in [0.5, 0.6) is 0 Å². The maximum Gasteiger partial charge on any atom is 0.162 e. The van der Waals surface area contributed by atoms with Crippen LogP contribution in [-0.2, 0) is 6.54 Å². The fraction of sp³-hybridized carbons (Fsp3) is 0.316. The fourth-order valence-corrected chi connectivity index (χ4v) is 4.31. The largest absolute Gasteiger partial charge is 0.462 e. The number of hydrogen-bond donors (Lipinski definition) is 1. The van der Waals surface area contributed by atoms with Gasteiger partial charge in [-0.2, -0.15) is 0 Å². The van der Waals surface area contributed by atoms with E-state index in [9.17, 15) is 0 Å². The van der Waals surface area contributed by atoms with Gasteiger partial charge < -0.3 is 10.2 Å². The summed E-state index contributed by atoms with van der Waals surface area (Å²) in [4.78, 5) is 7.19. The van der Waals surface area contributed by atoms with Gasteiger partial charge in [-0.25, -0.2) is 4.98 Å². The van der Waals surface area contributed by atoms with Gasteiger partial charge in [0.2, 0.25) is 0 Å². The molecule has 1 aliphatic heterocycles. The summed E-state index contributed by atoms with van der Waals surface area (Å²) in [5.74, 6) is 1.87. The van der Waals surface area contributed by atoms with Crippen LogP contribution in [0.1, 0.15) is 17.2 Å². The monoisotopic (exact) mass is 339 g/mol. The summed E-state index contributed by atoms with van der Waals surface area (Å²) >= 11 is 1.64. The number of benzene rings is 1. The van der Waals surface area contributed by atoms with Gasteiger partial charge in [-0.05, 0) is 30.2 Å². The molecule has 1 aliphatic rings. The summed E-state index contributed by atoms with van der Waals surface area (Å²) < 4.78 is 5.43. The molecule has 4 nitrogen and oxygen atoms in total. The fourth-order valence-electron chi connectivity index (χ4n) is 3.53. The zero-order valence-corrected chi connectivity index (χ0v) is 14.3. The number of rotatable bonds is 5. The molecule has 24 heavy (non-hydrogen) atoms. The molecule has 124 valence electrons. The Bertz CT molecular complexity index is 769. The van der Waals surface area contributed by atoms with Gasteiger partial charge in [0.15, 0.2) is 10.8 Å². The average molecular weight is 339 g/mol. The second-order valence-electron chi connectivity index (χ2n) is 6.33. The first-order valence-corrected chi connectivity index (χ1v) is 9.17. The quantitative estimate of drug-likeness (QED) is 0.772. The Morgan fingerprint density at radius 3 is 2.79 bits per heavy atom. The van der Waals surface area contributed by atoms with E-state index >= 15 is 0 Å². The number of nitrogens with two attached hydrogens (primary N) is 1. The molecule has 4 rings (SSSR count). The SMILES string of the molecule is NC[C@@H]1CN(Cc2csc(-c3ccco3)n2)C[C@H]1c1ccccc1. The molecule has 0 amide bonds. The van der Waals surface area contributed by atoms with Crippen LogP contribution in [-0.4, -0.2) is 29.5 Å². The standard InChI is InChI=1S/C19H21N3OS/c20-9-15-10-22(12-17(15)14-5-2-1-3-6-14)11-16-13-24-19(21-16)18-7-4-8-23-18/h1-8,13,15,17H,9-12,20H2/t15-,17+/m1/s1. The van der Waals surface area contributed by atoms with E-state index < -0.39 is 0 Å². The number of aromatic nitrogens is 1. The van der Waals surface area contributed by atoms with Crippen LogP contribution in [0.15, 0.2) is 58.5 Å². The molecule has 0 aliphatic carbocycles. The molecule has 0 unspecified atom stereocenters. The lowest BCUT2D eigenvalue weighted by atomic mass is 9.89. The van der Waals surface area contributed by atoms with E-state index in [-0.39, 0.29) is 0 Å². The van der Waals surface area contributed by atoms with Crippen LogP contribution in [0.4, 0.5) is 0 Å². The minimum absolute atomic E-state index is 0.510. The summed E-state index contributed by atoms with van der Waals surface area (Å²) in [6, 6.07) is 14.6. The molecule has 1 fully saturated rings. The van der Waals surface area contributed by atoms with Crippen LogP contribution in [0, 0.1) is 5.92 Å². The predicted octanol–water partition coefficient (Wildman–Crippen LogP) is 3.58. The van der Waals surface area contributed by atoms with Gasteiger partial charge in [0.1, 0.15) is 0 Å². The van der Waals surface area contributed by atoms with E-state index in [1.807, 2.05) is 12.1 Å². The lowest BCUT2D eigenvalue weighted by Crippen LogP contribution is -2.23. The van der Waals surface area contributed by atoms with Crippen molar-refractivity contribution in [3.05, 3.63) is 65.4 Å². The van der Waals surface area contributed by atoms with Crippen molar-refractivity contribution < 1.29 is 4.42 Å². The molecule has 2 atom stereocenters. The van der Waals surface area contributed by atoms with Gasteiger partial charge in [0.25, 0.3) is 0 Å². The van der Waals surface area contributed by atoms with E-state index in [1.165, 1.54) is 5.56 Å². The number of thiazole rings is 1. The van der Waals surface area contributed by atoms with E-state index in [2.05, 4.69) is 40.6 Å². The van der Waals surface area contributed by atoms with Gasteiger partial charge in [-0.15, -0.1) is 11.3 Å². The van der Waals surface area contributed by atoms with Crippen molar-refractivity contribution >= 4 is 11.3 Å². The maximum atomic E-state index is 6.03. The molecule has 0 bridgehead atoms. The van der Waals surface area contributed by atoms with Gasteiger partial charge in [0.05, 0.1) is 12.0 Å². The molecule has 3 heterocycles. The lowest BCUT2D eigenvalue weighted by Gasteiger charge is -2.16. The Labute approximate surface area is 145 Å². The van der Waals surface area contributed by atoms with Crippen LogP contribution >= 0.6 is 11.3 Å². The number of furan rings is 1. The van der Waals surface area contributed by atoms with Crippen molar-refractivity contribution in [2.45, 2.75) is 12.5 Å². The molecule has 2 N–H and O–H groups in total. The summed E-state index contributed by atoms with van der Waals surface area (Å²) in [6.07, 6.45) is 1.69. The minimum atomic E-state index is 0.510. The Morgan fingerprint density at radius 1 is 1.17 bits per heavy atom. The van der Waals surface area contributed by atoms with E-state index in [0.717, 1.165) is 42.6 Å². The molecule has 3 aromatic rings. The summed E-state index contributed by atoms with van der Waals surface area (Å²) in [6.45, 7) is 3.67. The molecule has 1 saturated heterocycles. The van der Waals surface area contributed by atoms with Crippen molar-refractivity contribution in [1.82, 2.24) is 9.88 Å². The van der Waals surface area contributed by atoms with Gasteiger partial charge in [0, 0.05) is 30.9 Å². The predicted molar refractivity (Wildman–Crippen MR) is 96.8 cm³/mol. The molecule has 5 heteroatoms. The summed E-state index contributed by atoms with van der Waals surface area (Å²) in [5.41, 5.74) is 8.53. The third-order valence-electron chi connectivity index (χ3n) is 4.72. The Hall–Kier alpha value is -1.95. The first kappa shape index (κ1) is 15.6. The second-order valence-corrected chi connectivity index (χ2v) is 7.19. The highest BCUT2D eigenvalue weighted by molar-refractivity contribution is 7.13. The van der Waals surface area contributed by atoms with E-state index in [4.69, 9.17) is 15.1 Å². The first-order chi connectivity index (χ1) is 11.8. The first-order valence-electron chi connectivity index (χ1n) is 8.29. The molecule has 1 aromatic carbocycles. The van der Waals surface area contributed by atoms with Gasteiger partial charge >= 0.3 is 0 Å². The van der Waals surface area contributed by atoms with Crippen molar-refractivity contribution in [2.75, 3.05) is 19.6 Å². The zero-order valence-electron chi connectivity index (χ0n) is 13.5. The molecule has 2 aromatic heterocycles. The van der Waals surface area contributed by atoms with Crippen molar-refractivity contribution in [3.63, 3.8) is 0 Å². The van der Waals surface area contributed by atoms with Crippen molar-refractivity contribution in [3.8, 4) is 10.8 Å². The molecule has 0 radical (unpaired) electrons. The van der Waals surface area contributed by atoms with Crippen LogP contribution in [0.3, 0.4) is 0 Å². The third kappa shape index (κ3) is 3.15. The number of hydrogen-bond acceptors (Lipinski definition) is 5. The van der Waals surface area contributed by atoms with Gasteiger partial charge in [-0.1, -0.05) is 30.3 Å². The summed E-state index contributed by atoms with van der Waals surface area (Å²) in [5, 5.41) is 3.08. The second kappa shape index (κ2) is 6.89. The summed E-state index contributed by atoms with van der Waals surface area (Å²) in [7, 11) is 0. The van der Waals surface area contributed by atoms with E-state index in [1.54, 1.807) is 17.6 Å². The maximum absolute atomic E-state index is 6.03. The van der Waals surface area contributed by atoms with Crippen LogP contribution in [0.25, 0.3) is 10.8 Å².